The van der Waals surface area contributed by atoms with E-state index < -0.39 is 9.84 Å². The van der Waals surface area contributed by atoms with Crippen LogP contribution in [-0.4, -0.2) is 73.5 Å². The molecule has 0 aromatic heterocycles. The Morgan fingerprint density at radius 2 is 1.89 bits per heavy atom. The van der Waals surface area contributed by atoms with Crippen LogP contribution in [0.25, 0.3) is 0 Å². The molecule has 0 saturated carbocycles. The van der Waals surface area contributed by atoms with Gasteiger partial charge in [-0.3, -0.25) is 4.99 Å². The fraction of sp³-hybridized carbons (Fsp3) is 0.611. The first-order chi connectivity index (χ1) is 12.9. The molecule has 0 spiro atoms. The Hall–Kier alpha value is -1.11. The highest BCUT2D eigenvalue weighted by molar-refractivity contribution is 14.0. The van der Waals surface area contributed by atoms with Crippen LogP contribution in [0.4, 0.5) is 0 Å². The Morgan fingerprint density at radius 1 is 1.14 bits per heavy atom. The standard InChI is InChI=1S/C18H31N3O5S.HI/c1-15-5-6-16(17(13-15)26-10-9-24-3)14-21-18(19-2)20-7-8-25-11-12-27(4,22)23;/h5-6,13H,7-12,14H2,1-4H3,(H2,19,20,21);1H. The molecular formula is C18H32IN3O5S. The van der Waals surface area contributed by atoms with Gasteiger partial charge in [-0.25, -0.2) is 8.42 Å². The van der Waals surface area contributed by atoms with Gasteiger partial charge in [0.25, 0.3) is 0 Å². The topological polar surface area (TPSA) is 98.3 Å². The summed E-state index contributed by atoms with van der Waals surface area (Å²) in [7, 11) is 0.338. The second kappa shape index (κ2) is 14.8. The number of ether oxygens (including phenoxy) is 3. The highest BCUT2D eigenvalue weighted by Crippen LogP contribution is 2.20. The van der Waals surface area contributed by atoms with E-state index in [1.54, 1.807) is 14.2 Å². The Morgan fingerprint density at radius 3 is 2.54 bits per heavy atom. The number of hydrogen-bond donors (Lipinski definition) is 2. The van der Waals surface area contributed by atoms with Gasteiger partial charge in [-0.1, -0.05) is 12.1 Å². The van der Waals surface area contributed by atoms with Gasteiger partial charge in [0.1, 0.15) is 22.2 Å². The van der Waals surface area contributed by atoms with Crippen molar-refractivity contribution in [2.45, 2.75) is 13.5 Å². The molecule has 0 aliphatic heterocycles. The summed E-state index contributed by atoms with van der Waals surface area (Å²) in [6.45, 7) is 4.70. The van der Waals surface area contributed by atoms with E-state index in [1.807, 2.05) is 25.1 Å². The van der Waals surface area contributed by atoms with Crippen LogP contribution in [0.3, 0.4) is 0 Å². The molecule has 0 fully saturated rings. The summed E-state index contributed by atoms with van der Waals surface area (Å²) in [5.74, 6) is 1.48. The number of halogens is 1. The summed E-state index contributed by atoms with van der Waals surface area (Å²) in [4.78, 5) is 4.16. The maximum absolute atomic E-state index is 11.0. The molecule has 1 rings (SSSR count). The van der Waals surface area contributed by atoms with Crippen molar-refractivity contribution in [1.29, 1.82) is 0 Å². The fourth-order valence-electron chi connectivity index (χ4n) is 2.13. The first-order valence-electron chi connectivity index (χ1n) is 8.77. The molecule has 0 heterocycles. The third kappa shape index (κ3) is 12.4. The van der Waals surface area contributed by atoms with Crippen molar-refractivity contribution >= 4 is 39.8 Å². The lowest BCUT2D eigenvalue weighted by molar-refractivity contribution is 0.145. The number of aryl methyl sites for hydroxylation is 1. The van der Waals surface area contributed by atoms with Gasteiger partial charge in [0.05, 0.1) is 25.6 Å². The molecular weight excluding hydrogens is 497 g/mol. The SMILES string of the molecule is CN=C(NCCOCCS(C)(=O)=O)NCc1ccc(C)cc1OCCOC.I. The molecule has 1 aromatic carbocycles. The average Bonchev–Trinajstić information content (AvgIpc) is 2.61. The molecule has 10 heteroatoms. The number of benzene rings is 1. The third-order valence-electron chi connectivity index (χ3n) is 3.57. The number of rotatable bonds is 12. The maximum atomic E-state index is 11.0. The van der Waals surface area contributed by atoms with E-state index in [-0.39, 0.29) is 36.3 Å². The Bertz CT molecular complexity index is 698. The fourth-order valence-corrected chi connectivity index (χ4v) is 2.55. The smallest absolute Gasteiger partial charge is 0.191 e. The lowest BCUT2D eigenvalue weighted by Crippen LogP contribution is -2.38. The minimum atomic E-state index is -2.99. The van der Waals surface area contributed by atoms with E-state index in [0.29, 0.717) is 38.9 Å². The predicted octanol–water partition coefficient (Wildman–Crippen LogP) is 1.36. The summed E-state index contributed by atoms with van der Waals surface area (Å²) < 4.78 is 38.2. The highest BCUT2D eigenvalue weighted by Gasteiger charge is 2.06. The van der Waals surface area contributed by atoms with Gasteiger partial charge in [0, 0.05) is 39.1 Å². The molecule has 162 valence electrons. The number of aliphatic imine (C=N–C) groups is 1. The van der Waals surface area contributed by atoms with Gasteiger partial charge in [-0.05, 0) is 18.6 Å². The normalized spacial score (nSPS) is 11.6. The summed E-state index contributed by atoms with van der Waals surface area (Å²) in [6.07, 6.45) is 1.19. The van der Waals surface area contributed by atoms with Crippen LogP contribution in [-0.2, 0) is 25.9 Å². The van der Waals surface area contributed by atoms with Gasteiger partial charge in [-0.2, -0.15) is 0 Å². The molecule has 0 unspecified atom stereocenters. The lowest BCUT2D eigenvalue weighted by Gasteiger charge is -2.15. The quantitative estimate of drug-likeness (QED) is 0.183. The van der Waals surface area contributed by atoms with Crippen LogP contribution in [0.5, 0.6) is 5.75 Å². The maximum Gasteiger partial charge on any atom is 0.191 e. The Labute approximate surface area is 185 Å². The molecule has 2 N–H and O–H groups in total. The molecule has 0 aliphatic carbocycles. The largest absolute Gasteiger partial charge is 0.491 e. The summed E-state index contributed by atoms with van der Waals surface area (Å²) in [6, 6.07) is 6.05. The van der Waals surface area contributed by atoms with Crippen LogP contribution in [0, 0.1) is 6.92 Å². The van der Waals surface area contributed by atoms with Gasteiger partial charge >= 0.3 is 0 Å². The van der Waals surface area contributed by atoms with E-state index in [0.717, 1.165) is 16.9 Å². The molecule has 0 atom stereocenters. The van der Waals surface area contributed by atoms with Crippen molar-refractivity contribution in [2.24, 2.45) is 4.99 Å². The van der Waals surface area contributed by atoms with E-state index >= 15 is 0 Å². The van der Waals surface area contributed by atoms with Crippen LogP contribution in [0.2, 0.25) is 0 Å². The highest BCUT2D eigenvalue weighted by atomic mass is 127. The number of hydrogen-bond acceptors (Lipinski definition) is 6. The number of guanidine groups is 1. The first-order valence-corrected chi connectivity index (χ1v) is 10.8. The van der Waals surface area contributed by atoms with E-state index in [2.05, 4.69) is 15.6 Å². The second-order valence-electron chi connectivity index (χ2n) is 6.05. The Kier molecular flexibility index (Phi) is 14.2. The van der Waals surface area contributed by atoms with E-state index in [9.17, 15) is 8.42 Å². The van der Waals surface area contributed by atoms with Crippen molar-refractivity contribution in [3.8, 4) is 5.75 Å². The van der Waals surface area contributed by atoms with E-state index in [1.165, 1.54) is 6.26 Å². The minimum absolute atomic E-state index is 0. The lowest BCUT2D eigenvalue weighted by atomic mass is 10.1. The molecule has 0 amide bonds. The molecule has 0 saturated heterocycles. The van der Waals surface area contributed by atoms with Crippen LogP contribution >= 0.6 is 24.0 Å². The number of methoxy groups -OCH3 is 1. The van der Waals surface area contributed by atoms with Crippen LogP contribution < -0.4 is 15.4 Å². The van der Waals surface area contributed by atoms with Gasteiger partial charge < -0.3 is 24.8 Å². The number of sulfone groups is 1. The average molecular weight is 529 g/mol. The van der Waals surface area contributed by atoms with Crippen molar-refractivity contribution < 1.29 is 22.6 Å². The third-order valence-corrected chi connectivity index (χ3v) is 4.48. The predicted molar refractivity (Wildman–Crippen MR) is 123 cm³/mol. The van der Waals surface area contributed by atoms with Crippen molar-refractivity contribution in [2.75, 3.05) is 59.1 Å². The van der Waals surface area contributed by atoms with Crippen molar-refractivity contribution in [3.63, 3.8) is 0 Å². The van der Waals surface area contributed by atoms with Gasteiger partial charge in [0.2, 0.25) is 0 Å². The van der Waals surface area contributed by atoms with Crippen LogP contribution in [0.1, 0.15) is 11.1 Å². The zero-order valence-electron chi connectivity index (χ0n) is 17.0. The summed E-state index contributed by atoms with van der Waals surface area (Å²) in [5, 5.41) is 6.35. The molecule has 1 aromatic rings. The van der Waals surface area contributed by atoms with E-state index in [4.69, 9.17) is 14.2 Å². The summed E-state index contributed by atoms with van der Waals surface area (Å²) in [5.41, 5.74) is 2.14. The van der Waals surface area contributed by atoms with Crippen LogP contribution in [0.15, 0.2) is 23.2 Å². The van der Waals surface area contributed by atoms with Gasteiger partial charge in [0.15, 0.2) is 5.96 Å². The molecule has 8 nitrogen and oxygen atoms in total. The molecule has 28 heavy (non-hydrogen) atoms. The zero-order valence-corrected chi connectivity index (χ0v) is 20.1. The zero-order chi connectivity index (χ0) is 20.1. The monoisotopic (exact) mass is 529 g/mol. The number of nitrogens with zero attached hydrogens (tertiary/aromatic N) is 1. The molecule has 0 aliphatic rings. The first kappa shape index (κ1) is 26.9. The van der Waals surface area contributed by atoms with Crippen molar-refractivity contribution in [3.05, 3.63) is 29.3 Å². The number of nitrogens with one attached hydrogen (secondary N) is 2. The minimum Gasteiger partial charge on any atom is -0.491 e. The Balaban J connectivity index is 0.00000729. The molecule has 0 radical (unpaired) electrons. The van der Waals surface area contributed by atoms with Gasteiger partial charge in [-0.15, -0.1) is 24.0 Å². The van der Waals surface area contributed by atoms with Crippen molar-refractivity contribution in [1.82, 2.24) is 10.6 Å². The second-order valence-corrected chi connectivity index (χ2v) is 8.31. The molecule has 0 bridgehead atoms. The summed E-state index contributed by atoms with van der Waals surface area (Å²) >= 11 is 0.